The van der Waals surface area contributed by atoms with E-state index >= 15 is 0 Å². The van der Waals surface area contributed by atoms with Crippen LogP contribution in [0.4, 0.5) is 5.69 Å². The van der Waals surface area contributed by atoms with Crippen molar-refractivity contribution in [2.24, 2.45) is 11.8 Å². The molecular weight excluding hydrogens is 270 g/mol. The summed E-state index contributed by atoms with van der Waals surface area (Å²) in [4.78, 5) is 23.9. The number of fused-ring (bicyclic) bond motifs is 2. The van der Waals surface area contributed by atoms with Gasteiger partial charge in [-0.2, -0.15) is 0 Å². The van der Waals surface area contributed by atoms with E-state index in [1.165, 1.54) is 0 Å². The molecule has 5 nitrogen and oxygen atoms in total. The van der Waals surface area contributed by atoms with Crippen LogP contribution in [0, 0.1) is 11.8 Å². The van der Waals surface area contributed by atoms with Crippen LogP contribution < -0.4 is 5.32 Å². The molecule has 5 heteroatoms. The Kier molecular flexibility index (Phi) is 3.51. The lowest BCUT2D eigenvalue weighted by Crippen LogP contribution is -2.39. The Labute approximate surface area is 122 Å². The quantitative estimate of drug-likeness (QED) is 0.829. The van der Waals surface area contributed by atoms with Crippen LogP contribution in [0.25, 0.3) is 0 Å². The van der Waals surface area contributed by atoms with Crippen molar-refractivity contribution in [1.82, 2.24) is 0 Å². The van der Waals surface area contributed by atoms with Crippen LogP contribution in [0.2, 0.25) is 0 Å². The second kappa shape index (κ2) is 5.33. The Hall–Kier alpha value is -2.14. The van der Waals surface area contributed by atoms with Crippen LogP contribution in [0.3, 0.4) is 0 Å². The van der Waals surface area contributed by atoms with Crippen molar-refractivity contribution >= 4 is 17.6 Å². The lowest BCUT2D eigenvalue weighted by molar-refractivity contribution is -0.145. The molecule has 0 radical (unpaired) electrons. The minimum atomic E-state index is -0.990. The van der Waals surface area contributed by atoms with Crippen molar-refractivity contribution in [3.05, 3.63) is 42.0 Å². The molecule has 0 spiro atoms. The van der Waals surface area contributed by atoms with Gasteiger partial charge in [-0.1, -0.05) is 37.3 Å². The molecule has 2 N–H and O–H groups in total. The molecule has 1 aromatic rings. The van der Waals surface area contributed by atoms with E-state index < -0.39 is 30.0 Å². The molecule has 3 rings (SSSR count). The first-order chi connectivity index (χ1) is 10.1. The zero-order valence-electron chi connectivity index (χ0n) is 11.7. The number of anilines is 1. The number of carbonyl (C=O) groups is 2. The van der Waals surface area contributed by atoms with Gasteiger partial charge in [-0.25, -0.2) is 0 Å². The molecular formula is C16H17NO4. The summed E-state index contributed by atoms with van der Waals surface area (Å²) < 4.78 is 5.52. The molecule has 21 heavy (non-hydrogen) atoms. The van der Waals surface area contributed by atoms with Gasteiger partial charge in [-0.3, -0.25) is 9.59 Å². The number of ether oxygens (including phenoxy) is 1. The van der Waals surface area contributed by atoms with E-state index in [-0.39, 0.29) is 5.91 Å². The zero-order chi connectivity index (χ0) is 15.0. The summed E-state index contributed by atoms with van der Waals surface area (Å²) in [5.74, 6) is -2.77. The lowest BCUT2D eigenvalue weighted by Gasteiger charge is -2.21. The average molecular weight is 287 g/mol. The van der Waals surface area contributed by atoms with E-state index in [1.54, 1.807) is 12.2 Å². The van der Waals surface area contributed by atoms with Gasteiger partial charge >= 0.3 is 5.97 Å². The van der Waals surface area contributed by atoms with Gasteiger partial charge in [0.15, 0.2) is 0 Å². The van der Waals surface area contributed by atoms with Gasteiger partial charge in [-0.15, -0.1) is 0 Å². The van der Waals surface area contributed by atoms with E-state index in [1.807, 2.05) is 31.2 Å². The summed E-state index contributed by atoms with van der Waals surface area (Å²) in [6.45, 7) is 2.01. The standard InChI is InChI=1S/C16H17NO4/c1-2-9-5-3-4-6-10(9)17-15(18)13-11-7-8-12(21-11)14(13)16(19)20/h3-8,11-14H,2H2,1H3,(H,17,18)(H,19,20)/t11-,12-,13+,14-/m0/s1. The smallest absolute Gasteiger partial charge is 0.310 e. The normalized spacial score (nSPS) is 29.6. The van der Waals surface area contributed by atoms with Crippen molar-refractivity contribution in [2.45, 2.75) is 25.6 Å². The predicted molar refractivity (Wildman–Crippen MR) is 76.9 cm³/mol. The summed E-state index contributed by atoms with van der Waals surface area (Å²) in [7, 11) is 0. The van der Waals surface area contributed by atoms with Crippen molar-refractivity contribution in [2.75, 3.05) is 5.32 Å². The van der Waals surface area contributed by atoms with E-state index in [0.29, 0.717) is 0 Å². The number of carboxylic acid groups (broad SMARTS) is 1. The van der Waals surface area contributed by atoms with Gasteiger partial charge in [0, 0.05) is 5.69 Å². The number of aryl methyl sites for hydroxylation is 1. The number of para-hydroxylation sites is 1. The van der Waals surface area contributed by atoms with Crippen LogP contribution in [0.1, 0.15) is 12.5 Å². The number of amides is 1. The van der Waals surface area contributed by atoms with Gasteiger partial charge in [0.05, 0.1) is 18.1 Å². The first-order valence-electron chi connectivity index (χ1n) is 7.07. The van der Waals surface area contributed by atoms with Gasteiger partial charge in [0.1, 0.15) is 5.92 Å². The molecule has 2 heterocycles. The predicted octanol–water partition coefficient (Wildman–Crippen LogP) is 1.84. The maximum absolute atomic E-state index is 12.5. The highest BCUT2D eigenvalue weighted by atomic mass is 16.5. The molecule has 0 aliphatic carbocycles. The van der Waals surface area contributed by atoms with Crippen LogP contribution >= 0.6 is 0 Å². The molecule has 110 valence electrons. The number of benzene rings is 1. The average Bonchev–Trinajstić information content (AvgIpc) is 3.08. The summed E-state index contributed by atoms with van der Waals surface area (Å²) in [6, 6.07) is 7.54. The highest BCUT2D eigenvalue weighted by molar-refractivity contribution is 5.97. The number of hydrogen-bond acceptors (Lipinski definition) is 3. The van der Waals surface area contributed by atoms with Crippen molar-refractivity contribution < 1.29 is 19.4 Å². The van der Waals surface area contributed by atoms with E-state index in [9.17, 15) is 14.7 Å². The largest absolute Gasteiger partial charge is 0.481 e. The summed E-state index contributed by atoms with van der Waals surface area (Å²) in [6.07, 6.45) is 3.37. The summed E-state index contributed by atoms with van der Waals surface area (Å²) >= 11 is 0. The molecule has 1 aromatic carbocycles. The Morgan fingerprint density at radius 1 is 1.19 bits per heavy atom. The first-order valence-corrected chi connectivity index (χ1v) is 7.07. The third-order valence-electron chi connectivity index (χ3n) is 4.14. The monoisotopic (exact) mass is 287 g/mol. The molecule has 0 unspecified atom stereocenters. The first kappa shape index (κ1) is 13.8. The third kappa shape index (κ3) is 2.34. The van der Waals surface area contributed by atoms with Crippen LogP contribution in [-0.2, 0) is 20.7 Å². The molecule has 4 atom stereocenters. The number of carbonyl (C=O) groups excluding carboxylic acids is 1. The highest BCUT2D eigenvalue weighted by Crippen LogP contribution is 2.40. The van der Waals surface area contributed by atoms with Crippen molar-refractivity contribution in [3.63, 3.8) is 0 Å². The molecule has 2 aliphatic rings. The zero-order valence-corrected chi connectivity index (χ0v) is 11.7. The lowest BCUT2D eigenvalue weighted by atomic mass is 9.82. The van der Waals surface area contributed by atoms with Crippen LogP contribution in [0.5, 0.6) is 0 Å². The fourth-order valence-corrected chi connectivity index (χ4v) is 3.08. The molecule has 2 aliphatic heterocycles. The van der Waals surface area contributed by atoms with E-state index in [4.69, 9.17) is 4.74 Å². The molecule has 1 amide bonds. The molecule has 2 bridgehead atoms. The SMILES string of the molecule is CCc1ccccc1NC(=O)[C@H]1[C@@H](C(=O)O)[C@@H]2C=C[C@@H]1O2. The van der Waals surface area contributed by atoms with Crippen molar-refractivity contribution in [1.29, 1.82) is 0 Å². The second-order valence-electron chi connectivity index (χ2n) is 5.34. The minimum absolute atomic E-state index is 0.292. The third-order valence-corrected chi connectivity index (χ3v) is 4.14. The number of carboxylic acids is 1. The Bertz CT molecular complexity index is 610. The number of aliphatic carboxylic acids is 1. The van der Waals surface area contributed by atoms with Crippen molar-refractivity contribution in [3.8, 4) is 0 Å². The molecule has 0 aromatic heterocycles. The van der Waals surface area contributed by atoms with Crippen LogP contribution in [0.15, 0.2) is 36.4 Å². The minimum Gasteiger partial charge on any atom is -0.481 e. The van der Waals surface area contributed by atoms with Gasteiger partial charge in [0.2, 0.25) is 5.91 Å². The summed E-state index contributed by atoms with van der Waals surface area (Å²) in [5, 5.41) is 12.2. The highest BCUT2D eigenvalue weighted by Gasteiger charge is 2.53. The molecule has 0 saturated carbocycles. The number of nitrogens with one attached hydrogen (secondary N) is 1. The second-order valence-corrected chi connectivity index (χ2v) is 5.34. The topological polar surface area (TPSA) is 75.6 Å². The fraction of sp³-hybridized carbons (Fsp3) is 0.375. The Morgan fingerprint density at radius 3 is 2.52 bits per heavy atom. The maximum Gasteiger partial charge on any atom is 0.310 e. The van der Waals surface area contributed by atoms with Gasteiger partial charge in [0.25, 0.3) is 0 Å². The maximum atomic E-state index is 12.5. The van der Waals surface area contributed by atoms with Crippen LogP contribution in [-0.4, -0.2) is 29.2 Å². The fourth-order valence-electron chi connectivity index (χ4n) is 3.08. The van der Waals surface area contributed by atoms with E-state index in [0.717, 1.165) is 17.7 Å². The number of hydrogen-bond donors (Lipinski definition) is 2. The Morgan fingerprint density at radius 2 is 1.86 bits per heavy atom. The van der Waals surface area contributed by atoms with Gasteiger partial charge in [-0.05, 0) is 18.1 Å². The number of rotatable bonds is 4. The molecule has 1 saturated heterocycles. The summed E-state index contributed by atoms with van der Waals surface area (Å²) in [5.41, 5.74) is 1.76. The molecule has 1 fully saturated rings. The van der Waals surface area contributed by atoms with E-state index in [2.05, 4.69) is 5.32 Å². The Balaban J connectivity index is 1.82. The van der Waals surface area contributed by atoms with Gasteiger partial charge < -0.3 is 15.2 Å².